The van der Waals surface area contributed by atoms with Crippen LogP contribution in [-0.4, -0.2) is 22.3 Å². The molecular formula is C17H23N3O2. The number of anilines is 1. The normalized spacial score (nSPS) is 12.0. The van der Waals surface area contributed by atoms with Crippen LogP contribution in [0.2, 0.25) is 0 Å². The molecule has 1 heterocycles. The third-order valence-corrected chi connectivity index (χ3v) is 3.39. The summed E-state index contributed by atoms with van der Waals surface area (Å²) in [4.78, 5) is 12.1. The summed E-state index contributed by atoms with van der Waals surface area (Å²) in [5, 5.41) is 7.33. The standard InChI is InChI=1S/C17H23N3O2/c1-5-22-16-8-6-15(7-9-16)18-17(21)11-14(4)20-13(3)10-12(2)19-20/h6-10,14H,5,11H2,1-4H3,(H,18,21)/t14-/m0/s1. The van der Waals surface area contributed by atoms with Gasteiger partial charge >= 0.3 is 0 Å². The van der Waals surface area contributed by atoms with Crippen molar-refractivity contribution in [2.45, 2.75) is 40.2 Å². The van der Waals surface area contributed by atoms with E-state index in [9.17, 15) is 4.79 Å². The van der Waals surface area contributed by atoms with Gasteiger partial charge in [-0.05, 0) is 58.0 Å². The van der Waals surface area contributed by atoms with Crippen molar-refractivity contribution in [3.63, 3.8) is 0 Å². The number of nitrogens with one attached hydrogen (secondary N) is 1. The van der Waals surface area contributed by atoms with Crippen molar-refractivity contribution in [1.82, 2.24) is 9.78 Å². The molecule has 2 aromatic rings. The first-order valence-corrected chi connectivity index (χ1v) is 7.55. The highest BCUT2D eigenvalue weighted by molar-refractivity contribution is 5.90. The molecule has 1 aromatic carbocycles. The van der Waals surface area contributed by atoms with Gasteiger partial charge < -0.3 is 10.1 Å². The molecule has 1 aromatic heterocycles. The lowest BCUT2D eigenvalue weighted by Gasteiger charge is -2.14. The predicted octanol–water partition coefficient (Wildman–Crippen LogP) is 3.49. The second-order valence-electron chi connectivity index (χ2n) is 5.43. The monoisotopic (exact) mass is 301 g/mol. The molecule has 0 aliphatic heterocycles. The second-order valence-corrected chi connectivity index (χ2v) is 5.43. The van der Waals surface area contributed by atoms with Crippen LogP contribution in [-0.2, 0) is 4.79 Å². The topological polar surface area (TPSA) is 56.1 Å². The lowest BCUT2D eigenvalue weighted by molar-refractivity contribution is -0.116. The quantitative estimate of drug-likeness (QED) is 0.888. The minimum Gasteiger partial charge on any atom is -0.494 e. The Morgan fingerprint density at radius 2 is 2.00 bits per heavy atom. The van der Waals surface area contributed by atoms with Crippen LogP contribution in [0.4, 0.5) is 5.69 Å². The average Bonchev–Trinajstić information content (AvgIpc) is 2.80. The van der Waals surface area contributed by atoms with Gasteiger partial charge in [0, 0.05) is 17.8 Å². The van der Waals surface area contributed by atoms with Gasteiger partial charge in [-0.15, -0.1) is 0 Å². The van der Waals surface area contributed by atoms with Gasteiger partial charge in [-0.1, -0.05) is 0 Å². The van der Waals surface area contributed by atoms with E-state index in [4.69, 9.17) is 4.74 Å². The molecule has 0 unspecified atom stereocenters. The number of rotatable bonds is 6. The number of carbonyl (C=O) groups excluding carboxylic acids is 1. The van der Waals surface area contributed by atoms with Gasteiger partial charge in [0.1, 0.15) is 5.75 Å². The Hall–Kier alpha value is -2.30. The van der Waals surface area contributed by atoms with E-state index in [2.05, 4.69) is 10.4 Å². The van der Waals surface area contributed by atoms with Crippen molar-refractivity contribution in [2.75, 3.05) is 11.9 Å². The predicted molar refractivity (Wildman–Crippen MR) is 87.3 cm³/mol. The molecule has 1 atom stereocenters. The summed E-state index contributed by atoms with van der Waals surface area (Å²) in [6.07, 6.45) is 0.384. The molecule has 0 aliphatic rings. The number of aromatic nitrogens is 2. The number of hydrogen-bond acceptors (Lipinski definition) is 3. The minimum absolute atomic E-state index is 0.0239. The van der Waals surface area contributed by atoms with Crippen molar-refractivity contribution >= 4 is 11.6 Å². The zero-order valence-corrected chi connectivity index (χ0v) is 13.6. The smallest absolute Gasteiger partial charge is 0.226 e. The maximum Gasteiger partial charge on any atom is 0.226 e. The van der Waals surface area contributed by atoms with Crippen molar-refractivity contribution < 1.29 is 9.53 Å². The Kier molecular flexibility index (Phi) is 5.20. The maximum absolute atomic E-state index is 12.1. The highest BCUT2D eigenvalue weighted by Gasteiger charge is 2.14. The molecule has 2 rings (SSSR count). The second kappa shape index (κ2) is 7.11. The minimum atomic E-state index is -0.0239. The van der Waals surface area contributed by atoms with Gasteiger partial charge in [0.25, 0.3) is 0 Å². The van der Waals surface area contributed by atoms with E-state index < -0.39 is 0 Å². The van der Waals surface area contributed by atoms with Crippen LogP contribution in [0.1, 0.15) is 37.7 Å². The molecule has 0 saturated heterocycles. The van der Waals surface area contributed by atoms with Gasteiger partial charge in [-0.3, -0.25) is 9.48 Å². The highest BCUT2D eigenvalue weighted by Crippen LogP contribution is 2.18. The van der Waals surface area contributed by atoms with Crippen LogP contribution >= 0.6 is 0 Å². The summed E-state index contributed by atoms with van der Waals surface area (Å²) >= 11 is 0. The van der Waals surface area contributed by atoms with Crippen LogP contribution in [0.3, 0.4) is 0 Å². The van der Waals surface area contributed by atoms with E-state index in [0.29, 0.717) is 13.0 Å². The van der Waals surface area contributed by atoms with Gasteiger partial charge in [0.15, 0.2) is 0 Å². The Morgan fingerprint density at radius 3 is 2.55 bits per heavy atom. The Morgan fingerprint density at radius 1 is 1.32 bits per heavy atom. The van der Waals surface area contributed by atoms with Crippen LogP contribution in [0.25, 0.3) is 0 Å². The summed E-state index contributed by atoms with van der Waals surface area (Å²) in [7, 11) is 0. The average molecular weight is 301 g/mol. The largest absolute Gasteiger partial charge is 0.494 e. The van der Waals surface area contributed by atoms with E-state index in [1.807, 2.05) is 62.7 Å². The first kappa shape index (κ1) is 16.1. The van der Waals surface area contributed by atoms with E-state index in [1.165, 1.54) is 0 Å². The fraction of sp³-hybridized carbons (Fsp3) is 0.412. The fourth-order valence-electron chi connectivity index (χ4n) is 2.46. The number of amides is 1. The van der Waals surface area contributed by atoms with E-state index in [-0.39, 0.29) is 11.9 Å². The fourth-order valence-corrected chi connectivity index (χ4v) is 2.46. The highest BCUT2D eigenvalue weighted by atomic mass is 16.5. The SMILES string of the molecule is CCOc1ccc(NC(=O)C[C@H](C)n2nc(C)cc2C)cc1. The number of benzene rings is 1. The molecule has 0 radical (unpaired) electrons. The van der Waals surface area contributed by atoms with E-state index >= 15 is 0 Å². The zero-order chi connectivity index (χ0) is 16.1. The molecule has 0 fully saturated rings. The van der Waals surface area contributed by atoms with E-state index in [1.54, 1.807) is 0 Å². The summed E-state index contributed by atoms with van der Waals surface area (Å²) < 4.78 is 7.28. The Balaban J connectivity index is 1.93. The van der Waals surface area contributed by atoms with Crippen LogP contribution in [0, 0.1) is 13.8 Å². The van der Waals surface area contributed by atoms with Crippen molar-refractivity contribution in [2.24, 2.45) is 0 Å². The number of carbonyl (C=O) groups is 1. The number of ether oxygens (including phenoxy) is 1. The lowest BCUT2D eigenvalue weighted by Crippen LogP contribution is -2.19. The third-order valence-electron chi connectivity index (χ3n) is 3.39. The molecule has 0 bridgehead atoms. The molecule has 0 spiro atoms. The van der Waals surface area contributed by atoms with Gasteiger partial charge in [0.05, 0.1) is 18.3 Å². The zero-order valence-electron chi connectivity index (χ0n) is 13.6. The van der Waals surface area contributed by atoms with Crippen LogP contribution in [0.5, 0.6) is 5.75 Å². The summed E-state index contributed by atoms with van der Waals surface area (Å²) in [6, 6.07) is 9.43. The van der Waals surface area contributed by atoms with E-state index in [0.717, 1.165) is 22.8 Å². The molecule has 1 N–H and O–H groups in total. The van der Waals surface area contributed by atoms with Crippen molar-refractivity contribution in [1.29, 1.82) is 0 Å². The first-order valence-electron chi connectivity index (χ1n) is 7.55. The molecule has 22 heavy (non-hydrogen) atoms. The Bertz CT molecular complexity index is 632. The first-order chi connectivity index (χ1) is 10.5. The summed E-state index contributed by atoms with van der Waals surface area (Å²) in [5.74, 6) is 0.778. The van der Waals surface area contributed by atoms with Crippen molar-refractivity contribution in [3.05, 3.63) is 41.7 Å². The third kappa shape index (κ3) is 4.10. The van der Waals surface area contributed by atoms with Gasteiger partial charge in [-0.25, -0.2) is 0 Å². The molecule has 0 saturated carbocycles. The van der Waals surface area contributed by atoms with Gasteiger partial charge in [0.2, 0.25) is 5.91 Å². The number of hydrogen-bond donors (Lipinski definition) is 1. The molecule has 1 amide bonds. The van der Waals surface area contributed by atoms with Crippen LogP contribution in [0.15, 0.2) is 30.3 Å². The molecule has 5 heteroatoms. The number of nitrogens with zero attached hydrogens (tertiary/aromatic N) is 2. The molecular weight excluding hydrogens is 278 g/mol. The van der Waals surface area contributed by atoms with Crippen LogP contribution < -0.4 is 10.1 Å². The number of aryl methyl sites for hydroxylation is 2. The molecule has 118 valence electrons. The van der Waals surface area contributed by atoms with Crippen molar-refractivity contribution in [3.8, 4) is 5.75 Å². The summed E-state index contributed by atoms with van der Waals surface area (Å²) in [6.45, 7) is 8.52. The molecule has 5 nitrogen and oxygen atoms in total. The molecule has 0 aliphatic carbocycles. The van der Waals surface area contributed by atoms with Gasteiger partial charge in [-0.2, -0.15) is 5.10 Å². The maximum atomic E-state index is 12.1. The lowest BCUT2D eigenvalue weighted by atomic mass is 10.2. The summed E-state index contributed by atoms with van der Waals surface area (Å²) in [5.41, 5.74) is 2.81. The Labute approximate surface area is 131 Å².